The maximum absolute atomic E-state index is 9.63. The summed E-state index contributed by atoms with van der Waals surface area (Å²) < 4.78 is 5.67. The molecule has 1 atom stereocenters. The molecule has 1 saturated heterocycles. The number of nitrogens with one attached hydrogen (secondary N) is 1. The Hall–Kier alpha value is -1.60. The zero-order valence-electron chi connectivity index (χ0n) is 13.5. The number of ether oxygens (including phenoxy) is 1. The third-order valence-electron chi connectivity index (χ3n) is 4.72. The number of hydrogen-bond donors (Lipinski definition) is 1. The molecular weight excluding hydrogens is 274 g/mol. The van der Waals surface area contributed by atoms with Gasteiger partial charge in [-0.3, -0.25) is 0 Å². The number of nitrogens with zero attached hydrogens (tertiary/aromatic N) is 2. The summed E-state index contributed by atoms with van der Waals surface area (Å²) in [6, 6.07) is 2.40. The van der Waals surface area contributed by atoms with Gasteiger partial charge in [-0.15, -0.1) is 0 Å². The summed E-state index contributed by atoms with van der Waals surface area (Å²) in [5.41, 5.74) is 4.58. The van der Waals surface area contributed by atoms with Crippen molar-refractivity contribution in [2.45, 2.75) is 64.4 Å². The Bertz CT molecular complexity index is 571. The predicted molar refractivity (Wildman–Crippen MR) is 87.1 cm³/mol. The molecule has 118 valence electrons. The molecule has 4 nitrogen and oxygen atoms in total. The van der Waals surface area contributed by atoms with Crippen LogP contribution in [0, 0.1) is 11.3 Å². The largest absolute Gasteiger partial charge is 0.376 e. The molecule has 0 amide bonds. The minimum Gasteiger partial charge on any atom is -0.376 e. The number of anilines is 1. The topological polar surface area (TPSA) is 57.9 Å². The molecule has 1 aliphatic heterocycles. The minimum atomic E-state index is 0.263. The van der Waals surface area contributed by atoms with Crippen LogP contribution in [0.4, 0.5) is 5.82 Å². The van der Waals surface area contributed by atoms with Gasteiger partial charge in [-0.05, 0) is 56.1 Å². The van der Waals surface area contributed by atoms with Crippen LogP contribution >= 0.6 is 0 Å². The Morgan fingerprint density at radius 2 is 2.09 bits per heavy atom. The van der Waals surface area contributed by atoms with Crippen LogP contribution in [0.5, 0.6) is 0 Å². The maximum Gasteiger partial charge on any atom is 0.144 e. The van der Waals surface area contributed by atoms with Crippen molar-refractivity contribution in [1.29, 1.82) is 5.26 Å². The van der Waals surface area contributed by atoms with Crippen molar-refractivity contribution in [2.24, 2.45) is 0 Å². The van der Waals surface area contributed by atoms with Gasteiger partial charge in [-0.1, -0.05) is 13.3 Å². The zero-order valence-corrected chi connectivity index (χ0v) is 13.5. The predicted octanol–water partition coefficient (Wildman–Crippen LogP) is 3.38. The normalized spacial score (nSPS) is 20.5. The summed E-state index contributed by atoms with van der Waals surface area (Å²) in [5.74, 6) is 0.780. The molecule has 0 spiro atoms. The number of nitriles is 1. The van der Waals surface area contributed by atoms with Crippen LogP contribution < -0.4 is 5.32 Å². The van der Waals surface area contributed by atoms with E-state index < -0.39 is 0 Å². The summed E-state index contributed by atoms with van der Waals surface area (Å²) in [5, 5.41) is 13.0. The Balaban J connectivity index is 1.89. The molecule has 3 rings (SSSR count). The molecule has 0 aromatic carbocycles. The van der Waals surface area contributed by atoms with Gasteiger partial charge in [0.25, 0.3) is 0 Å². The fourth-order valence-electron chi connectivity index (χ4n) is 3.61. The van der Waals surface area contributed by atoms with E-state index in [0.29, 0.717) is 0 Å². The van der Waals surface area contributed by atoms with Crippen molar-refractivity contribution >= 4 is 5.82 Å². The van der Waals surface area contributed by atoms with E-state index in [1.54, 1.807) is 0 Å². The van der Waals surface area contributed by atoms with Gasteiger partial charge in [0.15, 0.2) is 0 Å². The lowest BCUT2D eigenvalue weighted by molar-refractivity contribution is 0.120. The van der Waals surface area contributed by atoms with E-state index in [0.717, 1.165) is 63.1 Å². The summed E-state index contributed by atoms with van der Waals surface area (Å²) >= 11 is 0. The molecule has 1 unspecified atom stereocenters. The second kappa shape index (κ2) is 7.11. The van der Waals surface area contributed by atoms with E-state index >= 15 is 0 Å². The monoisotopic (exact) mass is 299 g/mol. The van der Waals surface area contributed by atoms with Crippen molar-refractivity contribution in [3.63, 3.8) is 0 Å². The highest BCUT2D eigenvalue weighted by Crippen LogP contribution is 2.31. The van der Waals surface area contributed by atoms with E-state index in [4.69, 9.17) is 9.72 Å². The molecule has 0 bridgehead atoms. The van der Waals surface area contributed by atoms with Crippen LogP contribution in [0.15, 0.2) is 0 Å². The van der Waals surface area contributed by atoms with Crippen molar-refractivity contribution in [1.82, 2.24) is 4.98 Å². The Morgan fingerprint density at radius 3 is 2.77 bits per heavy atom. The highest BCUT2D eigenvalue weighted by Gasteiger charge is 2.22. The molecule has 0 saturated carbocycles. The fourth-order valence-corrected chi connectivity index (χ4v) is 3.61. The van der Waals surface area contributed by atoms with Gasteiger partial charge in [0, 0.05) is 18.8 Å². The van der Waals surface area contributed by atoms with Gasteiger partial charge in [0.05, 0.1) is 11.7 Å². The van der Waals surface area contributed by atoms with Crippen LogP contribution in [0.1, 0.15) is 61.4 Å². The van der Waals surface area contributed by atoms with Crippen LogP contribution in [0.25, 0.3) is 0 Å². The molecule has 0 radical (unpaired) electrons. The SMILES string of the molecule is CCCc1nc(NCC2CCCO2)c(C#N)c2c1CCCC2. The lowest BCUT2D eigenvalue weighted by Crippen LogP contribution is -2.21. The molecule has 1 aromatic heterocycles. The zero-order chi connectivity index (χ0) is 15.4. The summed E-state index contributed by atoms with van der Waals surface area (Å²) in [4.78, 5) is 4.82. The number of aryl methyl sites for hydroxylation is 1. The molecule has 22 heavy (non-hydrogen) atoms. The highest BCUT2D eigenvalue weighted by molar-refractivity contribution is 5.60. The molecular formula is C18H25N3O. The van der Waals surface area contributed by atoms with Crippen LogP contribution in [-0.2, 0) is 24.0 Å². The first-order valence-electron chi connectivity index (χ1n) is 8.63. The van der Waals surface area contributed by atoms with Gasteiger partial charge >= 0.3 is 0 Å². The number of aromatic nitrogens is 1. The number of hydrogen-bond acceptors (Lipinski definition) is 4. The van der Waals surface area contributed by atoms with Crippen molar-refractivity contribution in [2.75, 3.05) is 18.5 Å². The molecule has 4 heteroatoms. The first kappa shape index (κ1) is 15.3. The second-order valence-corrected chi connectivity index (χ2v) is 6.32. The molecule has 2 aliphatic rings. The minimum absolute atomic E-state index is 0.263. The summed E-state index contributed by atoms with van der Waals surface area (Å²) in [6.45, 7) is 3.80. The smallest absolute Gasteiger partial charge is 0.144 e. The van der Waals surface area contributed by atoms with E-state index in [1.165, 1.54) is 29.7 Å². The van der Waals surface area contributed by atoms with Gasteiger partial charge in [-0.2, -0.15) is 5.26 Å². The lowest BCUT2D eigenvalue weighted by atomic mass is 9.87. The standard InChI is InChI=1S/C18H25N3O/c1-2-6-17-15-9-4-3-8-14(15)16(11-19)18(21-17)20-12-13-7-5-10-22-13/h13H,2-10,12H2,1H3,(H,20,21). The van der Waals surface area contributed by atoms with Crippen LogP contribution in [0.3, 0.4) is 0 Å². The van der Waals surface area contributed by atoms with Gasteiger partial charge in [0.2, 0.25) is 0 Å². The Kier molecular flexibility index (Phi) is 4.94. The van der Waals surface area contributed by atoms with E-state index in [2.05, 4.69) is 18.3 Å². The molecule has 1 N–H and O–H groups in total. The lowest BCUT2D eigenvalue weighted by Gasteiger charge is -2.23. The number of rotatable bonds is 5. The third-order valence-corrected chi connectivity index (χ3v) is 4.72. The van der Waals surface area contributed by atoms with Crippen LogP contribution in [0.2, 0.25) is 0 Å². The maximum atomic E-state index is 9.63. The molecule has 1 fully saturated rings. The van der Waals surface area contributed by atoms with Gasteiger partial charge in [0.1, 0.15) is 11.9 Å². The first-order valence-corrected chi connectivity index (χ1v) is 8.63. The van der Waals surface area contributed by atoms with Crippen LogP contribution in [-0.4, -0.2) is 24.2 Å². The summed E-state index contributed by atoms with van der Waals surface area (Å²) in [7, 11) is 0. The molecule has 2 heterocycles. The first-order chi connectivity index (χ1) is 10.8. The second-order valence-electron chi connectivity index (χ2n) is 6.32. The van der Waals surface area contributed by atoms with Gasteiger partial charge < -0.3 is 10.1 Å². The average Bonchev–Trinajstić information content (AvgIpc) is 3.06. The highest BCUT2D eigenvalue weighted by atomic mass is 16.5. The molecule has 1 aromatic rings. The third kappa shape index (κ3) is 3.10. The average molecular weight is 299 g/mol. The van der Waals surface area contributed by atoms with Crippen molar-refractivity contribution in [3.05, 3.63) is 22.4 Å². The summed E-state index contributed by atoms with van der Waals surface area (Å²) in [6.07, 6.45) is 9.10. The Morgan fingerprint density at radius 1 is 1.27 bits per heavy atom. The van der Waals surface area contributed by atoms with Crippen molar-refractivity contribution in [3.8, 4) is 6.07 Å². The van der Waals surface area contributed by atoms with E-state index in [9.17, 15) is 5.26 Å². The number of fused-ring (bicyclic) bond motifs is 1. The van der Waals surface area contributed by atoms with Crippen molar-refractivity contribution < 1.29 is 4.74 Å². The fraction of sp³-hybridized carbons (Fsp3) is 0.667. The number of pyridine rings is 1. The Labute approximate surface area is 132 Å². The van der Waals surface area contributed by atoms with E-state index in [-0.39, 0.29) is 6.10 Å². The van der Waals surface area contributed by atoms with E-state index in [1.807, 2.05) is 0 Å². The van der Waals surface area contributed by atoms with Gasteiger partial charge in [-0.25, -0.2) is 4.98 Å². The quantitative estimate of drug-likeness (QED) is 0.905. The molecule has 1 aliphatic carbocycles.